The van der Waals surface area contributed by atoms with Gasteiger partial charge in [-0.25, -0.2) is 4.90 Å². The Morgan fingerprint density at radius 3 is 1.54 bits per heavy atom. The molecule has 0 bridgehead atoms. The Bertz CT molecular complexity index is 972. The molecule has 26 heavy (non-hydrogen) atoms. The van der Waals surface area contributed by atoms with Crippen molar-refractivity contribution >= 4 is 112 Å². The summed E-state index contributed by atoms with van der Waals surface area (Å²) in [5, 5.41) is -0.811. The Kier molecular flexibility index (Phi) is 5.82. The first-order valence-electron chi connectivity index (χ1n) is 6.51. The van der Waals surface area contributed by atoms with Gasteiger partial charge in [0.1, 0.15) is 0 Å². The van der Waals surface area contributed by atoms with Gasteiger partial charge in [0.25, 0.3) is 17.7 Å². The number of benzene rings is 2. The van der Waals surface area contributed by atoms with E-state index in [2.05, 4.69) is 47.8 Å². The van der Waals surface area contributed by atoms with Gasteiger partial charge in [-0.15, -0.1) is 0 Å². The second kappa shape index (κ2) is 7.35. The predicted molar refractivity (Wildman–Crippen MR) is 111 cm³/mol. The number of nitrogens with zero attached hydrogens (tertiary/aromatic N) is 1. The highest BCUT2D eigenvalue weighted by Crippen LogP contribution is 2.45. The van der Waals surface area contributed by atoms with Gasteiger partial charge in [-0.3, -0.25) is 14.4 Å². The van der Waals surface area contributed by atoms with Crippen LogP contribution in [-0.4, -0.2) is 22.6 Å². The molecule has 0 unspecified atom stereocenters. The quantitative estimate of drug-likeness (QED) is 0.194. The Balaban J connectivity index is 2.20. The molecule has 0 N–H and O–H groups in total. The maximum atomic E-state index is 12.9. The smallest absolute Gasteiger partial charge is 0.268 e. The Hall–Kier alpha value is -0.150. The van der Waals surface area contributed by atoms with Crippen LogP contribution in [-0.2, 0) is 0 Å². The van der Waals surface area contributed by atoms with Crippen LogP contribution >= 0.6 is 94.2 Å². The fraction of sp³-hybridized carbons (Fsp3) is 0. The minimum Gasteiger partial charge on any atom is -0.268 e. The number of imide groups is 3. The summed E-state index contributed by atoms with van der Waals surface area (Å²) in [5.41, 5.74) is -0.435. The molecule has 1 heterocycles. The lowest BCUT2D eigenvalue weighted by Gasteiger charge is -2.14. The highest BCUT2D eigenvalue weighted by atomic mass is 79.9. The second-order valence-electron chi connectivity index (χ2n) is 5.00. The normalized spacial score (nSPS) is 13.4. The molecule has 0 radical (unpaired) electrons. The average Bonchev–Trinajstić information content (AvgIpc) is 2.80. The van der Waals surface area contributed by atoms with E-state index in [1.54, 1.807) is 12.1 Å². The van der Waals surface area contributed by atoms with E-state index in [4.69, 9.17) is 46.4 Å². The predicted octanol–water partition coefficient (Wildman–Crippen LogP) is 7.02. The van der Waals surface area contributed by atoms with E-state index in [9.17, 15) is 14.4 Å². The summed E-state index contributed by atoms with van der Waals surface area (Å²) >= 11 is 33.8. The molecular weight excluding hydrogens is 624 g/mol. The van der Waals surface area contributed by atoms with Crippen LogP contribution < -0.4 is 0 Å². The monoisotopic (exact) mass is 621 g/mol. The topological polar surface area (TPSA) is 54.5 Å². The van der Waals surface area contributed by atoms with Crippen LogP contribution in [0.15, 0.2) is 25.6 Å². The Labute approximate surface area is 192 Å². The first-order chi connectivity index (χ1) is 12.1. The van der Waals surface area contributed by atoms with Crippen LogP contribution in [0.25, 0.3) is 0 Å². The van der Waals surface area contributed by atoms with Gasteiger partial charge in [-0.2, -0.15) is 0 Å². The van der Waals surface area contributed by atoms with E-state index in [1.807, 2.05) is 0 Å². The van der Waals surface area contributed by atoms with Gasteiger partial charge in [-0.05, 0) is 44.0 Å². The molecule has 3 amide bonds. The minimum absolute atomic E-state index is 0.0761. The molecule has 0 atom stereocenters. The third kappa shape index (κ3) is 3.05. The van der Waals surface area contributed by atoms with Crippen LogP contribution in [0.5, 0.6) is 0 Å². The van der Waals surface area contributed by atoms with E-state index in [0.29, 0.717) is 18.3 Å². The second-order valence-corrected chi connectivity index (χ2v) is 9.14. The molecule has 2 aromatic rings. The summed E-state index contributed by atoms with van der Waals surface area (Å²) in [4.78, 5) is 38.9. The van der Waals surface area contributed by atoms with Gasteiger partial charge in [0.2, 0.25) is 0 Å². The lowest BCUT2D eigenvalue weighted by atomic mass is 10.1. The van der Waals surface area contributed by atoms with Gasteiger partial charge < -0.3 is 0 Å². The Morgan fingerprint density at radius 2 is 1.15 bits per heavy atom. The van der Waals surface area contributed by atoms with Crippen molar-refractivity contribution in [1.29, 1.82) is 0 Å². The maximum absolute atomic E-state index is 12.9. The van der Waals surface area contributed by atoms with Gasteiger partial charge in [0.15, 0.2) is 0 Å². The molecule has 11 heteroatoms. The zero-order valence-electron chi connectivity index (χ0n) is 12.0. The number of amides is 3. The van der Waals surface area contributed by atoms with Crippen molar-refractivity contribution in [3.63, 3.8) is 0 Å². The highest BCUT2D eigenvalue weighted by molar-refractivity contribution is 9.11. The van der Waals surface area contributed by atoms with E-state index in [-0.39, 0.29) is 36.8 Å². The van der Waals surface area contributed by atoms with Gasteiger partial charge >= 0.3 is 0 Å². The van der Waals surface area contributed by atoms with E-state index < -0.39 is 17.7 Å². The van der Waals surface area contributed by atoms with Crippen molar-refractivity contribution < 1.29 is 14.4 Å². The van der Waals surface area contributed by atoms with E-state index in [0.717, 1.165) is 0 Å². The lowest BCUT2D eigenvalue weighted by molar-refractivity contribution is 0.0565. The Morgan fingerprint density at radius 1 is 0.769 bits per heavy atom. The largest absolute Gasteiger partial charge is 0.270 e. The summed E-state index contributed by atoms with van der Waals surface area (Å²) in [6.07, 6.45) is 0. The molecule has 134 valence electrons. The minimum atomic E-state index is -0.929. The van der Waals surface area contributed by atoms with Crippen molar-refractivity contribution in [2.45, 2.75) is 0 Å². The SMILES string of the molecule is O=C(c1c(Br)cc(Br)cc1Br)N1C(=O)c2c(Cl)c(Cl)c(Cl)c(Cl)c2C1=O. The molecule has 3 rings (SSSR count). The number of rotatable bonds is 1. The zero-order valence-corrected chi connectivity index (χ0v) is 19.8. The molecule has 2 aromatic carbocycles. The molecule has 0 spiro atoms. The summed E-state index contributed by atoms with van der Waals surface area (Å²) in [6, 6.07) is 3.20. The number of carbonyl (C=O) groups is 3. The van der Waals surface area contributed by atoms with Crippen LogP contribution in [0.2, 0.25) is 20.1 Å². The zero-order chi connectivity index (χ0) is 19.5. The van der Waals surface area contributed by atoms with E-state index in [1.165, 1.54) is 0 Å². The van der Waals surface area contributed by atoms with Crippen molar-refractivity contribution in [2.24, 2.45) is 0 Å². The van der Waals surface area contributed by atoms with Crippen LogP contribution in [0.1, 0.15) is 31.1 Å². The molecule has 0 fully saturated rings. The van der Waals surface area contributed by atoms with Crippen LogP contribution in [0.4, 0.5) is 0 Å². The summed E-state index contributed by atoms with van der Waals surface area (Å²) in [5.74, 6) is -2.72. The van der Waals surface area contributed by atoms with Crippen molar-refractivity contribution in [2.75, 3.05) is 0 Å². The summed E-state index contributed by atoms with van der Waals surface area (Å²) in [6.45, 7) is 0. The first-order valence-corrected chi connectivity index (χ1v) is 10.4. The first kappa shape index (κ1) is 20.6. The molecule has 1 aliphatic heterocycles. The summed E-state index contributed by atoms with van der Waals surface area (Å²) in [7, 11) is 0. The molecule has 0 aromatic heterocycles. The number of carbonyl (C=O) groups excluding carboxylic acids is 3. The fourth-order valence-electron chi connectivity index (χ4n) is 2.39. The highest BCUT2D eigenvalue weighted by Gasteiger charge is 2.45. The molecule has 0 aliphatic carbocycles. The lowest BCUT2D eigenvalue weighted by Crippen LogP contribution is -2.36. The number of hydrogen-bond donors (Lipinski definition) is 0. The summed E-state index contributed by atoms with van der Waals surface area (Å²) < 4.78 is 1.42. The number of fused-ring (bicyclic) bond motifs is 1. The third-order valence-electron chi connectivity index (χ3n) is 3.52. The fourth-order valence-corrected chi connectivity index (χ4v) is 6.00. The molecule has 0 saturated heterocycles. The van der Waals surface area contributed by atoms with Crippen molar-refractivity contribution in [3.8, 4) is 0 Å². The number of hydrogen-bond acceptors (Lipinski definition) is 3. The maximum Gasteiger partial charge on any atom is 0.270 e. The standard InChI is InChI=1S/C15H2Br3Cl4NO3/c16-3-1-4(17)6(5(18)2-3)13(24)23-14(25)7-8(15(23)26)10(20)12(22)11(21)9(7)19/h1-2H. The van der Waals surface area contributed by atoms with Crippen LogP contribution in [0.3, 0.4) is 0 Å². The third-order valence-corrected chi connectivity index (χ3v) is 7.04. The number of halogens is 7. The molecule has 0 saturated carbocycles. The molecule has 4 nitrogen and oxygen atoms in total. The van der Waals surface area contributed by atoms with Crippen LogP contribution in [0, 0.1) is 0 Å². The molecular formula is C15H2Br3Cl4NO3. The molecule has 1 aliphatic rings. The average molecular weight is 626 g/mol. The van der Waals surface area contributed by atoms with Gasteiger partial charge in [-0.1, -0.05) is 62.3 Å². The van der Waals surface area contributed by atoms with E-state index >= 15 is 0 Å². The van der Waals surface area contributed by atoms with Crippen molar-refractivity contribution in [3.05, 3.63) is 62.3 Å². The van der Waals surface area contributed by atoms with Gasteiger partial charge in [0, 0.05) is 13.4 Å². The van der Waals surface area contributed by atoms with Gasteiger partial charge in [0.05, 0.1) is 36.8 Å². The van der Waals surface area contributed by atoms with Crippen molar-refractivity contribution in [1.82, 2.24) is 4.90 Å².